The third-order valence-electron chi connectivity index (χ3n) is 5.87. The fraction of sp³-hybridized carbons (Fsp3) is 0.333. The molecule has 31 heavy (non-hydrogen) atoms. The van der Waals surface area contributed by atoms with E-state index >= 15 is 0 Å². The zero-order valence-electron chi connectivity index (χ0n) is 17.8. The van der Waals surface area contributed by atoms with Crippen molar-refractivity contribution < 1.29 is 14.3 Å². The Morgan fingerprint density at radius 1 is 1.16 bits per heavy atom. The number of para-hydroxylation sites is 3. The molecule has 1 atom stereocenters. The molecule has 2 aromatic carbocycles. The SMILES string of the molecule is CCOc1ccccc1[C@@H]1C(C(=O)N2CCOCC2)=C(C)Nc2nc3ccccc3n21. The molecule has 160 valence electrons. The molecule has 3 aromatic rings. The maximum absolute atomic E-state index is 13.8. The summed E-state index contributed by atoms with van der Waals surface area (Å²) in [6, 6.07) is 15.6. The summed E-state index contributed by atoms with van der Waals surface area (Å²) in [6.45, 7) is 6.77. The predicted octanol–water partition coefficient (Wildman–Crippen LogP) is 3.58. The molecular weight excluding hydrogens is 392 g/mol. The van der Waals surface area contributed by atoms with Crippen LogP contribution >= 0.6 is 0 Å². The Kier molecular flexibility index (Phi) is 5.11. The molecule has 0 saturated carbocycles. The Labute approximate surface area is 181 Å². The Morgan fingerprint density at radius 2 is 1.90 bits per heavy atom. The van der Waals surface area contributed by atoms with E-state index in [1.165, 1.54) is 0 Å². The lowest BCUT2D eigenvalue weighted by atomic mass is 9.93. The van der Waals surface area contributed by atoms with E-state index in [4.69, 9.17) is 14.5 Å². The molecule has 2 aliphatic heterocycles. The first kappa shape index (κ1) is 19.6. The number of anilines is 1. The quantitative estimate of drug-likeness (QED) is 0.701. The molecule has 7 nitrogen and oxygen atoms in total. The van der Waals surface area contributed by atoms with Gasteiger partial charge >= 0.3 is 0 Å². The van der Waals surface area contributed by atoms with Crippen molar-refractivity contribution in [3.05, 3.63) is 65.4 Å². The van der Waals surface area contributed by atoms with Gasteiger partial charge in [-0.25, -0.2) is 4.98 Å². The number of carbonyl (C=O) groups excluding carboxylic acids is 1. The number of rotatable bonds is 4. The van der Waals surface area contributed by atoms with Crippen LogP contribution < -0.4 is 10.1 Å². The Hall–Kier alpha value is -3.32. The maximum atomic E-state index is 13.8. The lowest BCUT2D eigenvalue weighted by molar-refractivity contribution is -0.131. The van der Waals surface area contributed by atoms with E-state index in [1.807, 2.05) is 67.3 Å². The number of fused-ring (bicyclic) bond motifs is 3. The van der Waals surface area contributed by atoms with Gasteiger partial charge in [0.05, 0.1) is 42.5 Å². The van der Waals surface area contributed by atoms with Gasteiger partial charge in [-0.2, -0.15) is 0 Å². The van der Waals surface area contributed by atoms with Crippen LogP contribution in [0.2, 0.25) is 0 Å². The summed E-state index contributed by atoms with van der Waals surface area (Å²) < 4.78 is 13.6. The normalized spacial score (nSPS) is 18.6. The van der Waals surface area contributed by atoms with Crippen molar-refractivity contribution in [1.82, 2.24) is 14.5 Å². The second-order valence-electron chi connectivity index (χ2n) is 7.74. The first-order valence-electron chi connectivity index (χ1n) is 10.7. The lowest BCUT2D eigenvalue weighted by Gasteiger charge is -2.35. The average Bonchev–Trinajstić information content (AvgIpc) is 3.17. The van der Waals surface area contributed by atoms with Gasteiger partial charge in [0.1, 0.15) is 5.75 Å². The van der Waals surface area contributed by atoms with Crippen LogP contribution in [-0.4, -0.2) is 53.3 Å². The highest BCUT2D eigenvalue weighted by atomic mass is 16.5. The van der Waals surface area contributed by atoms with E-state index in [9.17, 15) is 4.79 Å². The Bertz CT molecular complexity index is 1160. The molecule has 1 amide bonds. The number of morpholine rings is 1. The number of carbonyl (C=O) groups is 1. The number of ether oxygens (including phenoxy) is 2. The number of hydrogen-bond acceptors (Lipinski definition) is 5. The summed E-state index contributed by atoms with van der Waals surface area (Å²) in [6.07, 6.45) is 0. The lowest BCUT2D eigenvalue weighted by Crippen LogP contribution is -2.44. The summed E-state index contributed by atoms with van der Waals surface area (Å²) in [5, 5.41) is 3.38. The minimum absolute atomic E-state index is 0.0213. The summed E-state index contributed by atoms with van der Waals surface area (Å²) in [4.78, 5) is 20.5. The van der Waals surface area contributed by atoms with Gasteiger partial charge in [0, 0.05) is 24.4 Å². The topological polar surface area (TPSA) is 68.6 Å². The summed E-state index contributed by atoms with van der Waals surface area (Å²) >= 11 is 0. The first-order chi connectivity index (χ1) is 15.2. The van der Waals surface area contributed by atoms with Gasteiger partial charge < -0.3 is 19.7 Å². The van der Waals surface area contributed by atoms with Gasteiger partial charge in [-0.3, -0.25) is 9.36 Å². The number of allylic oxidation sites excluding steroid dienone is 1. The van der Waals surface area contributed by atoms with Crippen LogP contribution in [0.5, 0.6) is 5.75 Å². The van der Waals surface area contributed by atoms with E-state index in [0.717, 1.165) is 34.0 Å². The smallest absolute Gasteiger partial charge is 0.254 e. The summed E-state index contributed by atoms with van der Waals surface area (Å²) in [5.41, 5.74) is 4.34. The number of imidazole rings is 1. The standard InChI is InChI=1S/C24H26N4O3/c1-3-31-20-11-7-4-8-17(20)22-21(23(29)27-12-14-30-15-13-27)16(2)25-24-26-18-9-5-6-10-19(18)28(22)24/h4-11,22H,3,12-15H2,1-2H3,(H,25,26)/t22-/m1/s1. The second-order valence-corrected chi connectivity index (χ2v) is 7.74. The number of nitrogens with zero attached hydrogens (tertiary/aromatic N) is 3. The van der Waals surface area contributed by atoms with Crippen molar-refractivity contribution in [2.75, 3.05) is 38.2 Å². The highest BCUT2D eigenvalue weighted by Gasteiger charge is 2.37. The van der Waals surface area contributed by atoms with E-state index in [0.29, 0.717) is 38.5 Å². The van der Waals surface area contributed by atoms with Crippen molar-refractivity contribution in [3.8, 4) is 5.75 Å². The van der Waals surface area contributed by atoms with Crippen molar-refractivity contribution in [2.45, 2.75) is 19.9 Å². The third-order valence-corrected chi connectivity index (χ3v) is 5.87. The Morgan fingerprint density at radius 3 is 2.71 bits per heavy atom. The molecule has 1 saturated heterocycles. The van der Waals surface area contributed by atoms with Crippen molar-refractivity contribution in [3.63, 3.8) is 0 Å². The number of hydrogen-bond donors (Lipinski definition) is 1. The summed E-state index contributed by atoms with van der Waals surface area (Å²) in [7, 11) is 0. The summed E-state index contributed by atoms with van der Waals surface area (Å²) in [5.74, 6) is 1.53. The fourth-order valence-electron chi connectivity index (χ4n) is 4.47. The molecule has 0 unspecified atom stereocenters. The largest absolute Gasteiger partial charge is 0.494 e. The van der Waals surface area contributed by atoms with E-state index in [1.54, 1.807) is 0 Å². The maximum Gasteiger partial charge on any atom is 0.254 e. The third kappa shape index (κ3) is 3.35. The van der Waals surface area contributed by atoms with Gasteiger partial charge in [-0.1, -0.05) is 30.3 Å². The van der Waals surface area contributed by atoms with E-state index in [2.05, 4.69) is 9.88 Å². The van der Waals surface area contributed by atoms with E-state index < -0.39 is 0 Å². The minimum atomic E-state index is -0.346. The second kappa shape index (κ2) is 8.07. The van der Waals surface area contributed by atoms with Crippen molar-refractivity contribution >= 4 is 22.9 Å². The van der Waals surface area contributed by atoms with Crippen LogP contribution in [0.4, 0.5) is 5.95 Å². The molecule has 5 rings (SSSR count). The molecule has 1 fully saturated rings. The molecular formula is C24H26N4O3. The van der Waals surface area contributed by atoms with Crippen LogP contribution in [0.25, 0.3) is 11.0 Å². The van der Waals surface area contributed by atoms with Crippen LogP contribution in [-0.2, 0) is 9.53 Å². The van der Waals surface area contributed by atoms with Crippen LogP contribution in [0.1, 0.15) is 25.5 Å². The zero-order chi connectivity index (χ0) is 21.4. The predicted molar refractivity (Wildman–Crippen MR) is 119 cm³/mol. The molecule has 1 N–H and O–H groups in total. The highest BCUT2D eigenvalue weighted by Crippen LogP contribution is 2.42. The molecule has 0 radical (unpaired) electrons. The highest BCUT2D eigenvalue weighted by molar-refractivity contribution is 5.98. The molecule has 0 aliphatic carbocycles. The molecule has 2 aliphatic rings. The van der Waals surface area contributed by atoms with E-state index in [-0.39, 0.29) is 11.9 Å². The molecule has 0 bridgehead atoms. The monoisotopic (exact) mass is 418 g/mol. The van der Waals surface area contributed by atoms with Crippen molar-refractivity contribution in [2.24, 2.45) is 0 Å². The average molecular weight is 418 g/mol. The van der Waals surface area contributed by atoms with Crippen LogP contribution in [0.3, 0.4) is 0 Å². The van der Waals surface area contributed by atoms with Gasteiger partial charge in [0.25, 0.3) is 5.91 Å². The number of benzene rings is 2. The van der Waals surface area contributed by atoms with Gasteiger partial charge in [0.15, 0.2) is 0 Å². The number of aromatic nitrogens is 2. The van der Waals surface area contributed by atoms with Gasteiger partial charge in [-0.05, 0) is 32.0 Å². The van der Waals surface area contributed by atoms with Gasteiger partial charge in [-0.15, -0.1) is 0 Å². The van der Waals surface area contributed by atoms with Crippen molar-refractivity contribution in [1.29, 1.82) is 0 Å². The molecule has 1 aromatic heterocycles. The van der Waals surface area contributed by atoms with Gasteiger partial charge in [0.2, 0.25) is 5.95 Å². The molecule has 7 heteroatoms. The van der Waals surface area contributed by atoms with Crippen LogP contribution in [0, 0.1) is 0 Å². The fourth-order valence-corrected chi connectivity index (χ4v) is 4.47. The Balaban J connectivity index is 1.72. The molecule has 0 spiro atoms. The molecule has 3 heterocycles. The number of nitrogens with one attached hydrogen (secondary N) is 1. The minimum Gasteiger partial charge on any atom is -0.494 e. The first-order valence-corrected chi connectivity index (χ1v) is 10.7. The number of amides is 1. The van der Waals surface area contributed by atoms with Crippen LogP contribution in [0.15, 0.2) is 59.8 Å². The zero-order valence-corrected chi connectivity index (χ0v) is 17.8.